The van der Waals surface area contributed by atoms with Crippen LogP contribution >= 0.6 is 0 Å². The predicted octanol–water partition coefficient (Wildman–Crippen LogP) is 2.31. The second-order valence-corrected chi connectivity index (χ2v) is 5.37. The van der Waals surface area contributed by atoms with Crippen LogP contribution in [-0.4, -0.2) is 42.6 Å². The van der Waals surface area contributed by atoms with Crippen molar-refractivity contribution in [3.63, 3.8) is 0 Å². The molecule has 0 radical (unpaired) electrons. The summed E-state index contributed by atoms with van der Waals surface area (Å²) in [5.74, 6) is 1.81. The first kappa shape index (κ1) is 16.0. The number of rotatable bonds is 7. The van der Waals surface area contributed by atoms with E-state index in [1.54, 1.807) is 13.3 Å². The Hall–Kier alpha value is -2.34. The van der Waals surface area contributed by atoms with Crippen molar-refractivity contribution in [2.24, 2.45) is 0 Å². The number of methoxy groups -OCH3 is 1. The highest BCUT2D eigenvalue weighted by Gasteiger charge is 2.07. The molecule has 0 amide bonds. The standard InChI is InChI=1S/C16H23N5O/c1-21(2)9-5-6-12-11-18-16(17)20-15(12)19-13-7-4-8-14(10-13)22-3/h4,7-8,10-11H,5-6,9H2,1-3H3,(H3,17,18,19,20). The molecule has 0 saturated carbocycles. The lowest BCUT2D eigenvalue weighted by atomic mass is 10.1. The molecule has 1 heterocycles. The van der Waals surface area contributed by atoms with Crippen LogP contribution in [0.4, 0.5) is 17.5 Å². The number of hydrogen-bond acceptors (Lipinski definition) is 6. The summed E-state index contributed by atoms with van der Waals surface area (Å²) in [4.78, 5) is 10.6. The van der Waals surface area contributed by atoms with Gasteiger partial charge in [-0.1, -0.05) is 6.07 Å². The van der Waals surface area contributed by atoms with Gasteiger partial charge in [0.2, 0.25) is 5.95 Å². The number of nitrogens with zero attached hydrogens (tertiary/aromatic N) is 3. The molecule has 3 N–H and O–H groups in total. The third kappa shape index (κ3) is 4.60. The molecule has 0 unspecified atom stereocenters. The molecule has 0 atom stereocenters. The van der Waals surface area contributed by atoms with E-state index >= 15 is 0 Å². The summed E-state index contributed by atoms with van der Waals surface area (Å²) < 4.78 is 5.23. The van der Waals surface area contributed by atoms with Gasteiger partial charge in [-0.25, -0.2) is 4.98 Å². The van der Waals surface area contributed by atoms with E-state index in [0.29, 0.717) is 0 Å². The zero-order valence-electron chi connectivity index (χ0n) is 13.3. The van der Waals surface area contributed by atoms with Crippen LogP contribution in [0.1, 0.15) is 12.0 Å². The van der Waals surface area contributed by atoms with Crippen molar-refractivity contribution in [2.75, 3.05) is 38.8 Å². The van der Waals surface area contributed by atoms with Crippen LogP contribution in [0.5, 0.6) is 5.75 Å². The van der Waals surface area contributed by atoms with E-state index in [1.807, 2.05) is 24.3 Å². The largest absolute Gasteiger partial charge is 0.497 e. The van der Waals surface area contributed by atoms with E-state index in [2.05, 4.69) is 34.3 Å². The van der Waals surface area contributed by atoms with Gasteiger partial charge in [0.15, 0.2) is 0 Å². The number of hydrogen-bond donors (Lipinski definition) is 2. The molecule has 1 aromatic heterocycles. The third-order valence-corrected chi connectivity index (χ3v) is 3.27. The lowest BCUT2D eigenvalue weighted by molar-refractivity contribution is 0.400. The molecule has 0 bridgehead atoms. The van der Waals surface area contributed by atoms with E-state index in [9.17, 15) is 0 Å². The predicted molar refractivity (Wildman–Crippen MR) is 89.6 cm³/mol. The molecule has 0 spiro atoms. The minimum absolute atomic E-state index is 0.266. The number of benzene rings is 1. The molecule has 118 valence electrons. The van der Waals surface area contributed by atoms with E-state index < -0.39 is 0 Å². The average Bonchev–Trinajstić information content (AvgIpc) is 2.49. The summed E-state index contributed by atoms with van der Waals surface area (Å²) in [5, 5.41) is 3.30. The number of ether oxygens (including phenoxy) is 1. The molecule has 0 aliphatic heterocycles. The number of aryl methyl sites for hydroxylation is 1. The maximum Gasteiger partial charge on any atom is 0.221 e. The fourth-order valence-corrected chi connectivity index (χ4v) is 2.13. The Morgan fingerprint density at radius 1 is 1.32 bits per heavy atom. The second kappa shape index (κ2) is 7.61. The van der Waals surface area contributed by atoms with Gasteiger partial charge in [0.05, 0.1) is 7.11 Å². The highest BCUT2D eigenvalue weighted by molar-refractivity contribution is 5.61. The van der Waals surface area contributed by atoms with Crippen LogP contribution in [0.25, 0.3) is 0 Å². The van der Waals surface area contributed by atoms with E-state index in [0.717, 1.165) is 42.2 Å². The van der Waals surface area contributed by atoms with Crippen molar-refractivity contribution < 1.29 is 4.74 Å². The van der Waals surface area contributed by atoms with Crippen LogP contribution < -0.4 is 15.8 Å². The summed E-state index contributed by atoms with van der Waals surface area (Å²) in [6.07, 6.45) is 3.72. The van der Waals surface area contributed by atoms with Gasteiger partial charge in [0.1, 0.15) is 11.6 Å². The Bertz CT molecular complexity index is 615. The number of anilines is 3. The summed E-state index contributed by atoms with van der Waals surface area (Å²) >= 11 is 0. The monoisotopic (exact) mass is 301 g/mol. The van der Waals surface area contributed by atoms with Gasteiger partial charge >= 0.3 is 0 Å². The van der Waals surface area contributed by atoms with Gasteiger partial charge < -0.3 is 20.7 Å². The molecule has 6 heteroatoms. The van der Waals surface area contributed by atoms with Crippen LogP contribution in [0, 0.1) is 0 Å². The fourth-order valence-electron chi connectivity index (χ4n) is 2.13. The molecule has 0 aliphatic carbocycles. The van der Waals surface area contributed by atoms with Crippen molar-refractivity contribution in [3.05, 3.63) is 36.0 Å². The zero-order chi connectivity index (χ0) is 15.9. The Labute approximate surface area is 131 Å². The minimum Gasteiger partial charge on any atom is -0.497 e. The highest BCUT2D eigenvalue weighted by Crippen LogP contribution is 2.23. The second-order valence-electron chi connectivity index (χ2n) is 5.37. The molecule has 0 saturated heterocycles. The van der Waals surface area contributed by atoms with Crippen molar-refractivity contribution in [1.82, 2.24) is 14.9 Å². The Morgan fingerprint density at radius 3 is 2.86 bits per heavy atom. The quantitative estimate of drug-likeness (QED) is 0.817. The van der Waals surface area contributed by atoms with E-state index in [-0.39, 0.29) is 5.95 Å². The fraction of sp³-hybridized carbons (Fsp3) is 0.375. The van der Waals surface area contributed by atoms with Gasteiger partial charge in [-0.15, -0.1) is 0 Å². The highest BCUT2D eigenvalue weighted by atomic mass is 16.5. The minimum atomic E-state index is 0.266. The zero-order valence-corrected chi connectivity index (χ0v) is 13.3. The summed E-state index contributed by atoms with van der Waals surface area (Å²) in [6.45, 7) is 1.02. The van der Waals surface area contributed by atoms with Crippen molar-refractivity contribution >= 4 is 17.5 Å². The van der Waals surface area contributed by atoms with Gasteiger partial charge in [-0.3, -0.25) is 0 Å². The molecule has 2 aromatic rings. The van der Waals surface area contributed by atoms with Crippen molar-refractivity contribution in [1.29, 1.82) is 0 Å². The van der Waals surface area contributed by atoms with Gasteiger partial charge in [-0.05, 0) is 45.6 Å². The molecule has 0 aliphatic rings. The molecular weight excluding hydrogens is 278 g/mol. The molecule has 0 fully saturated rings. The molecular formula is C16H23N5O. The lowest BCUT2D eigenvalue weighted by Crippen LogP contribution is -2.14. The first-order valence-corrected chi connectivity index (χ1v) is 7.25. The molecule has 6 nitrogen and oxygen atoms in total. The van der Waals surface area contributed by atoms with E-state index in [4.69, 9.17) is 10.5 Å². The van der Waals surface area contributed by atoms with Crippen molar-refractivity contribution in [2.45, 2.75) is 12.8 Å². The summed E-state index contributed by atoms with van der Waals surface area (Å²) in [6, 6.07) is 7.71. The van der Waals surface area contributed by atoms with Crippen LogP contribution in [0.2, 0.25) is 0 Å². The average molecular weight is 301 g/mol. The first-order valence-electron chi connectivity index (χ1n) is 7.25. The van der Waals surface area contributed by atoms with Crippen molar-refractivity contribution in [3.8, 4) is 5.75 Å². The first-order chi connectivity index (χ1) is 10.6. The number of nitrogens with two attached hydrogens (primary N) is 1. The SMILES string of the molecule is COc1cccc(Nc2nc(N)ncc2CCCN(C)C)c1. The van der Waals surface area contributed by atoms with Gasteiger partial charge in [0, 0.05) is 23.5 Å². The Balaban J connectivity index is 2.15. The Morgan fingerprint density at radius 2 is 2.14 bits per heavy atom. The number of nitrogen functional groups attached to an aromatic ring is 1. The normalized spacial score (nSPS) is 10.7. The number of aromatic nitrogens is 2. The Kier molecular flexibility index (Phi) is 5.55. The van der Waals surface area contributed by atoms with E-state index in [1.165, 1.54) is 0 Å². The van der Waals surface area contributed by atoms with Gasteiger partial charge in [-0.2, -0.15) is 4.98 Å². The smallest absolute Gasteiger partial charge is 0.221 e. The lowest BCUT2D eigenvalue weighted by Gasteiger charge is -2.13. The summed E-state index contributed by atoms with van der Waals surface area (Å²) in [5.41, 5.74) is 7.68. The third-order valence-electron chi connectivity index (χ3n) is 3.27. The van der Waals surface area contributed by atoms with Gasteiger partial charge in [0.25, 0.3) is 0 Å². The summed E-state index contributed by atoms with van der Waals surface area (Å²) in [7, 11) is 5.78. The van der Waals surface area contributed by atoms with Crippen LogP contribution in [-0.2, 0) is 6.42 Å². The maximum absolute atomic E-state index is 5.72. The molecule has 2 rings (SSSR count). The maximum atomic E-state index is 5.72. The van der Waals surface area contributed by atoms with Crippen LogP contribution in [0.3, 0.4) is 0 Å². The molecule has 22 heavy (non-hydrogen) atoms. The topological polar surface area (TPSA) is 76.3 Å². The number of nitrogens with one attached hydrogen (secondary N) is 1. The van der Waals surface area contributed by atoms with Crippen LogP contribution in [0.15, 0.2) is 30.5 Å². The molecule has 1 aromatic carbocycles.